The van der Waals surface area contributed by atoms with E-state index in [4.69, 9.17) is 9.84 Å². The van der Waals surface area contributed by atoms with Crippen molar-refractivity contribution in [1.29, 1.82) is 0 Å². The fourth-order valence-corrected chi connectivity index (χ4v) is 2.53. The molecule has 7 nitrogen and oxygen atoms in total. The zero-order valence-corrected chi connectivity index (χ0v) is 15.3. The topological polar surface area (TPSA) is 90.1 Å². The van der Waals surface area contributed by atoms with Crippen molar-refractivity contribution in [1.82, 2.24) is 19.7 Å². The molecule has 1 N–H and O–H groups in total. The SMILES string of the molecule is Cc1cc(OCCS(C)(C)C)nc(-c2cnn(CCC(=O)O)c2)n1. The quantitative estimate of drug-likeness (QED) is 0.783. The summed E-state index contributed by atoms with van der Waals surface area (Å²) in [5.41, 5.74) is 1.56. The Morgan fingerprint density at radius 2 is 2.08 bits per heavy atom. The van der Waals surface area contributed by atoms with Crippen LogP contribution in [0.15, 0.2) is 18.5 Å². The molecule has 0 atom stereocenters. The number of aliphatic carboxylic acids is 1. The van der Waals surface area contributed by atoms with Crippen molar-refractivity contribution in [3.63, 3.8) is 0 Å². The van der Waals surface area contributed by atoms with Crippen LogP contribution < -0.4 is 4.74 Å². The zero-order chi connectivity index (χ0) is 17.7. The molecule has 24 heavy (non-hydrogen) atoms. The molecule has 0 fully saturated rings. The molecular weight excluding hydrogens is 328 g/mol. The molecule has 0 radical (unpaired) electrons. The van der Waals surface area contributed by atoms with E-state index in [-0.39, 0.29) is 6.42 Å². The number of aryl methyl sites for hydroxylation is 2. The first kappa shape index (κ1) is 18.3. The minimum Gasteiger partial charge on any atom is -0.481 e. The van der Waals surface area contributed by atoms with Gasteiger partial charge >= 0.3 is 5.97 Å². The Labute approximate surface area is 143 Å². The van der Waals surface area contributed by atoms with Crippen molar-refractivity contribution in [2.75, 3.05) is 31.1 Å². The molecule has 0 bridgehead atoms. The highest BCUT2D eigenvalue weighted by Gasteiger charge is 2.10. The van der Waals surface area contributed by atoms with Crippen LogP contribution in [0.2, 0.25) is 0 Å². The molecule has 8 heteroatoms. The van der Waals surface area contributed by atoms with Gasteiger partial charge in [-0.3, -0.25) is 9.48 Å². The molecule has 2 heterocycles. The highest BCUT2D eigenvalue weighted by atomic mass is 32.3. The number of ether oxygens (including phenoxy) is 1. The van der Waals surface area contributed by atoms with Crippen LogP contribution in [0.1, 0.15) is 12.1 Å². The van der Waals surface area contributed by atoms with Gasteiger partial charge < -0.3 is 9.84 Å². The van der Waals surface area contributed by atoms with Gasteiger partial charge in [0.05, 0.1) is 31.3 Å². The van der Waals surface area contributed by atoms with Crippen LogP contribution in [0.5, 0.6) is 5.88 Å². The minimum atomic E-state index is -0.851. The zero-order valence-electron chi connectivity index (χ0n) is 14.5. The predicted molar refractivity (Wildman–Crippen MR) is 96.0 cm³/mol. The third-order valence-corrected chi connectivity index (χ3v) is 4.61. The molecule has 0 saturated carbocycles. The Hall–Kier alpha value is -2.09. The van der Waals surface area contributed by atoms with Gasteiger partial charge in [0.2, 0.25) is 5.88 Å². The molecule has 0 aliphatic carbocycles. The summed E-state index contributed by atoms with van der Waals surface area (Å²) in [6, 6.07) is 1.82. The first-order chi connectivity index (χ1) is 11.2. The van der Waals surface area contributed by atoms with E-state index in [9.17, 15) is 4.79 Å². The van der Waals surface area contributed by atoms with Crippen LogP contribution >= 0.6 is 10.0 Å². The molecule has 0 aliphatic heterocycles. The highest BCUT2D eigenvalue weighted by molar-refractivity contribution is 8.32. The van der Waals surface area contributed by atoms with E-state index in [1.54, 1.807) is 17.1 Å². The van der Waals surface area contributed by atoms with Gasteiger partial charge in [-0.2, -0.15) is 10.1 Å². The maximum Gasteiger partial charge on any atom is 0.305 e. The number of aromatic nitrogens is 4. The first-order valence-electron chi connectivity index (χ1n) is 7.62. The van der Waals surface area contributed by atoms with Gasteiger partial charge in [0, 0.05) is 23.7 Å². The van der Waals surface area contributed by atoms with Gasteiger partial charge in [0.1, 0.15) is 0 Å². The molecule has 0 aliphatic rings. The average molecular weight is 352 g/mol. The van der Waals surface area contributed by atoms with Crippen LogP contribution in [-0.2, 0) is 11.3 Å². The number of carboxylic acids is 1. The first-order valence-corrected chi connectivity index (χ1v) is 10.6. The van der Waals surface area contributed by atoms with Gasteiger partial charge in [0.25, 0.3) is 0 Å². The summed E-state index contributed by atoms with van der Waals surface area (Å²) >= 11 is 0. The van der Waals surface area contributed by atoms with Crippen LogP contribution in [0.3, 0.4) is 0 Å². The fourth-order valence-electron chi connectivity index (χ4n) is 1.95. The Kier molecular flexibility index (Phi) is 5.82. The third-order valence-electron chi connectivity index (χ3n) is 3.22. The maximum absolute atomic E-state index is 10.6. The number of hydrogen-bond donors (Lipinski definition) is 1. The number of nitrogens with zero attached hydrogens (tertiary/aromatic N) is 4. The summed E-state index contributed by atoms with van der Waals surface area (Å²) in [5.74, 6) is 1.25. The molecule has 0 unspecified atom stereocenters. The lowest BCUT2D eigenvalue weighted by atomic mass is 10.3. The molecule has 0 aromatic carbocycles. The summed E-state index contributed by atoms with van der Waals surface area (Å²) in [4.78, 5) is 19.5. The number of rotatable bonds is 8. The smallest absolute Gasteiger partial charge is 0.305 e. The van der Waals surface area contributed by atoms with E-state index in [2.05, 4.69) is 33.8 Å². The van der Waals surface area contributed by atoms with Crippen LogP contribution in [0.25, 0.3) is 11.4 Å². The lowest BCUT2D eigenvalue weighted by molar-refractivity contribution is -0.137. The largest absolute Gasteiger partial charge is 0.481 e. The van der Waals surface area contributed by atoms with Gasteiger partial charge in [-0.05, 0) is 25.7 Å². The third kappa shape index (κ3) is 5.84. The Morgan fingerprint density at radius 1 is 1.33 bits per heavy atom. The lowest BCUT2D eigenvalue weighted by Gasteiger charge is -2.24. The van der Waals surface area contributed by atoms with Crippen molar-refractivity contribution in [2.24, 2.45) is 0 Å². The Balaban J connectivity index is 2.09. The fraction of sp³-hybridized carbons (Fsp3) is 0.500. The molecular formula is C16H24N4O3S. The van der Waals surface area contributed by atoms with Crippen LogP contribution in [0.4, 0.5) is 0 Å². The minimum absolute atomic E-state index is 0.0271. The molecule has 132 valence electrons. The second kappa shape index (κ2) is 7.65. The second-order valence-corrected chi connectivity index (χ2v) is 11.0. The van der Waals surface area contributed by atoms with E-state index in [1.807, 2.05) is 13.0 Å². The van der Waals surface area contributed by atoms with E-state index in [1.165, 1.54) is 0 Å². The van der Waals surface area contributed by atoms with E-state index in [0.717, 1.165) is 17.0 Å². The number of carbonyl (C=O) groups is 1. The maximum atomic E-state index is 10.6. The summed E-state index contributed by atoms with van der Waals surface area (Å²) < 4.78 is 7.36. The van der Waals surface area contributed by atoms with E-state index >= 15 is 0 Å². The van der Waals surface area contributed by atoms with Gasteiger partial charge in [-0.1, -0.05) is 0 Å². The second-order valence-electron chi connectivity index (χ2n) is 6.45. The van der Waals surface area contributed by atoms with Crippen molar-refractivity contribution in [3.8, 4) is 17.3 Å². The Morgan fingerprint density at radius 3 is 2.75 bits per heavy atom. The molecule has 0 spiro atoms. The highest BCUT2D eigenvalue weighted by Crippen LogP contribution is 2.33. The molecule has 0 amide bonds. The van der Waals surface area contributed by atoms with Gasteiger partial charge in [-0.15, -0.1) is 0 Å². The number of hydrogen-bond acceptors (Lipinski definition) is 5. The summed E-state index contributed by atoms with van der Waals surface area (Å²) in [6.45, 7) is 2.84. The van der Waals surface area contributed by atoms with E-state index < -0.39 is 16.0 Å². The molecule has 2 aromatic rings. The predicted octanol–water partition coefficient (Wildman–Crippen LogP) is 2.20. The molecule has 2 aromatic heterocycles. The van der Waals surface area contributed by atoms with Crippen molar-refractivity contribution >= 4 is 16.0 Å². The van der Waals surface area contributed by atoms with Crippen molar-refractivity contribution in [2.45, 2.75) is 19.9 Å². The molecule has 2 rings (SSSR count). The number of carboxylic acid groups (broad SMARTS) is 1. The lowest BCUT2D eigenvalue weighted by Crippen LogP contribution is -2.10. The monoisotopic (exact) mass is 352 g/mol. The van der Waals surface area contributed by atoms with Gasteiger partial charge in [0.15, 0.2) is 5.82 Å². The summed E-state index contributed by atoms with van der Waals surface area (Å²) in [5, 5.41) is 12.9. The van der Waals surface area contributed by atoms with Crippen molar-refractivity contribution in [3.05, 3.63) is 24.2 Å². The molecule has 0 saturated heterocycles. The van der Waals surface area contributed by atoms with Crippen LogP contribution in [0, 0.1) is 6.92 Å². The Bertz CT molecular complexity index is 710. The van der Waals surface area contributed by atoms with Crippen LogP contribution in [-0.4, -0.2) is 62.0 Å². The normalized spacial score (nSPS) is 12.2. The summed E-state index contributed by atoms with van der Waals surface area (Å²) in [7, 11) is -0.606. The van der Waals surface area contributed by atoms with Gasteiger partial charge in [-0.25, -0.2) is 15.0 Å². The van der Waals surface area contributed by atoms with Crippen molar-refractivity contribution < 1.29 is 14.6 Å². The summed E-state index contributed by atoms with van der Waals surface area (Å²) in [6.07, 6.45) is 10.2. The average Bonchev–Trinajstić information content (AvgIpc) is 2.92. The standard InChI is InChI=1S/C16H24N4O3S/c1-12-9-14(23-7-8-24(2,3)4)19-16(18-12)13-10-17-20(11-13)6-5-15(21)22/h9-11H,5-8H2,1-4H3,(H,21,22). The van der Waals surface area contributed by atoms with E-state index in [0.29, 0.717) is 24.9 Å².